The fraction of sp³-hybridized carbons (Fsp3) is 0.222. The van der Waals surface area contributed by atoms with Gasteiger partial charge in [-0.3, -0.25) is 10.1 Å². The molecule has 2 aromatic rings. The number of hydrogen-bond acceptors (Lipinski definition) is 4. The molecule has 0 saturated heterocycles. The van der Waals surface area contributed by atoms with Gasteiger partial charge in [0.15, 0.2) is 6.29 Å². The second-order valence-corrected chi connectivity index (χ2v) is 6.07. The van der Waals surface area contributed by atoms with Crippen LogP contribution in [0.15, 0.2) is 42.5 Å². The third-order valence-corrected chi connectivity index (χ3v) is 3.04. The number of ether oxygens (including phenoxy) is 1. The summed E-state index contributed by atoms with van der Waals surface area (Å²) < 4.78 is 5.18. The summed E-state index contributed by atoms with van der Waals surface area (Å²) in [4.78, 5) is 22.6. The number of para-hydroxylation sites is 1. The lowest BCUT2D eigenvalue weighted by atomic mass is 10.0. The number of hydrogen-bond donors (Lipinski definition) is 2. The van der Waals surface area contributed by atoms with E-state index >= 15 is 0 Å². The largest absolute Gasteiger partial charge is 0.507 e. The Morgan fingerprint density at radius 1 is 1.13 bits per heavy atom. The summed E-state index contributed by atoms with van der Waals surface area (Å²) in [6.45, 7) is 5.37. The van der Waals surface area contributed by atoms with Crippen molar-refractivity contribution in [3.05, 3.63) is 48.0 Å². The minimum Gasteiger partial charge on any atom is -0.507 e. The van der Waals surface area contributed by atoms with Crippen LogP contribution in [-0.2, 0) is 4.74 Å². The zero-order chi connectivity index (χ0) is 17.0. The lowest BCUT2D eigenvalue weighted by molar-refractivity contribution is 0.0636. The fourth-order valence-electron chi connectivity index (χ4n) is 2.04. The molecule has 0 saturated carbocycles. The maximum absolute atomic E-state index is 11.7. The summed E-state index contributed by atoms with van der Waals surface area (Å²) in [6, 6.07) is 11.9. The zero-order valence-corrected chi connectivity index (χ0v) is 13.3. The number of carbonyl (C=O) groups is 2. The first-order chi connectivity index (χ1) is 10.8. The number of benzene rings is 2. The van der Waals surface area contributed by atoms with E-state index in [-0.39, 0.29) is 11.3 Å². The van der Waals surface area contributed by atoms with Crippen LogP contribution < -0.4 is 5.32 Å². The molecule has 5 nitrogen and oxygen atoms in total. The van der Waals surface area contributed by atoms with Crippen molar-refractivity contribution in [3.63, 3.8) is 0 Å². The zero-order valence-electron chi connectivity index (χ0n) is 13.3. The first-order valence-corrected chi connectivity index (χ1v) is 7.18. The van der Waals surface area contributed by atoms with E-state index in [9.17, 15) is 14.7 Å². The Kier molecular flexibility index (Phi) is 4.69. The Labute approximate surface area is 134 Å². The first-order valence-electron chi connectivity index (χ1n) is 7.18. The first kappa shape index (κ1) is 16.5. The van der Waals surface area contributed by atoms with Gasteiger partial charge in [0.1, 0.15) is 11.4 Å². The highest BCUT2D eigenvalue weighted by molar-refractivity contribution is 5.87. The van der Waals surface area contributed by atoms with E-state index in [1.807, 2.05) is 0 Å². The number of aldehydes is 1. The van der Waals surface area contributed by atoms with Crippen molar-refractivity contribution >= 4 is 18.1 Å². The van der Waals surface area contributed by atoms with Crippen molar-refractivity contribution in [2.75, 3.05) is 5.32 Å². The molecule has 23 heavy (non-hydrogen) atoms. The van der Waals surface area contributed by atoms with Crippen molar-refractivity contribution in [2.45, 2.75) is 26.4 Å². The predicted octanol–water partition coefficient (Wildman–Crippen LogP) is 4.22. The lowest BCUT2D eigenvalue weighted by Crippen LogP contribution is -2.27. The van der Waals surface area contributed by atoms with E-state index in [1.54, 1.807) is 63.2 Å². The highest BCUT2D eigenvalue weighted by Crippen LogP contribution is 2.32. The van der Waals surface area contributed by atoms with E-state index in [0.717, 1.165) is 5.56 Å². The van der Waals surface area contributed by atoms with Crippen molar-refractivity contribution in [2.24, 2.45) is 0 Å². The normalized spacial score (nSPS) is 10.9. The summed E-state index contributed by atoms with van der Waals surface area (Å²) >= 11 is 0. The average molecular weight is 313 g/mol. The highest BCUT2D eigenvalue weighted by Gasteiger charge is 2.16. The van der Waals surface area contributed by atoms with Crippen LogP contribution in [0.25, 0.3) is 11.1 Å². The van der Waals surface area contributed by atoms with Gasteiger partial charge in [-0.2, -0.15) is 0 Å². The Morgan fingerprint density at radius 2 is 1.78 bits per heavy atom. The molecule has 2 rings (SSSR count). The van der Waals surface area contributed by atoms with Gasteiger partial charge in [0.2, 0.25) is 0 Å². The Bertz CT molecular complexity index is 715. The van der Waals surface area contributed by atoms with E-state index in [2.05, 4.69) is 5.32 Å². The molecule has 0 aliphatic carbocycles. The number of nitrogens with one attached hydrogen (secondary N) is 1. The van der Waals surface area contributed by atoms with Gasteiger partial charge >= 0.3 is 6.09 Å². The van der Waals surface area contributed by atoms with Gasteiger partial charge < -0.3 is 9.84 Å². The summed E-state index contributed by atoms with van der Waals surface area (Å²) in [7, 11) is 0. The summed E-state index contributed by atoms with van der Waals surface area (Å²) in [5, 5.41) is 12.7. The molecule has 0 aliphatic rings. The SMILES string of the molecule is CC(C)(C)OC(=O)Nc1ccc(-c2cccc(C=O)c2O)cc1. The van der Waals surface area contributed by atoms with E-state index in [0.29, 0.717) is 17.5 Å². The molecular weight excluding hydrogens is 294 g/mol. The molecule has 2 N–H and O–H groups in total. The Hall–Kier alpha value is -2.82. The molecule has 2 aromatic carbocycles. The van der Waals surface area contributed by atoms with Gasteiger partial charge in [0.25, 0.3) is 0 Å². The molecule has 0 unspecified atom stereocenters. The molecule has 0 aromatic heterocycles. The second-order valence-electron chi connectivity index (χ2n) is 6.07. The second kappa shape index (κ2) is 6.52. The third-order valence-electron chi connectivity index (χ3n) is 3.04. The molecule has 0 spiro atoms. The predicted molar refractivity (Wildman–Crippen MR) is 88.8 cm³/mol. The van der Waals surface area contributed by atoms with Gasteiger partial charge in [-0.05, 0) is 44.5 Å². The summed E-state index contributed by atoms with van der Waals surface area (Å²) in [6.07, 6.45) is 0.0770. The topological polar surface area (TPSA) is 75.6 Å². The summed E-state index contributed by atoms with van der Waals surface area (Å²) in [5.41, 5.74) is 1.54. The van der Waals surface area contributed by atoms with Gasteiger partial charge in [0, 0.05) is 11.3 Å². The maximum atomic E-state index is 11.7. The number of phenolic OH excluding ortho intramolecular Hbond substituents is 1. The van der Waals surface area contributed by atoms with Gasteiger partial charge in [0.05, 0.1) is 5.56 Å². The molecule has 0 radical (unpaired) electrons. The van der Waals surface area contributed by atoms with Crippen LogP contribution in [-0.4, -0.2) is 23.1 Å². The molecule has 0 atom stereocenters. The average Bonchev–Trinajstić information content (AvgIpc) is 2.46. The number of anilines is 1. The minimum atomic E-state index is -0.564. The molecule has 1 amide bonds. The van der Waals surface area contributed by atoms with Crippen LogP contribution in [0, 0.1) is 0 Å². The molecule has 0 aliphatic heterocycles. The van der Waals surface area contributed by atoms with Crippen molar-refractivity contribution in [1.82, 2.24) is 0 Å². The van der Waals surface area contributed by atoms with Crippen LogP contribution in [0.2, 0.25) is 0 Å². The van der Waals surface area contributed by atoms with E-state index < -0.39 is 11.7 Å². The number of carbonyl (C=O) groups excluding carboxylic acids is 2. The van der Waals surface area contributed by atoms with Crippen LogP contribution in [0.5, 0.6) is 5.75 Å². The molecule has 0 bridgehead atoms. The molecule has 0 heterocycles. The van der Waals surface area contributed by atoms with Crippen molar-refractivity contribution in [1.29, 1.82) is 0 Å². The molecular formula is C18H19NO4. The number of aromatic hydroxyl groups is 1. The Balaban J connectivity index is 2.17. The van der Waals surface area contributed by atoms with E-state index in [4.69, 9.17) is 4.74 Å². The Morgan fingerprint density at radius 3 is 2.35 bits per heavy atom. The molecule has 5 heteroatoms. The monoisotopic (exact) mass is 313 g/mol. The maximum Gasteiger partial charge on any atom is 0.412 e. The lowest BCUT2D eigenvalue weighted by Gasteiger charge is -2.19. The minimum absolute atomic E-state index is 0.0599. The van der Waals surface area contributed by atoms with Gasteiger partial charge in [-0.15, -0.1) is 0 Å². The van der Waals surface area contributed by atoms with Crippen LogP contribution in [0.1, 0.15) is 31.1 Å². The molecule has 0 fully saturated rings. The number of amides is 1. The third kappa shape index (κ3) is 4.32. The standard InChI is InChI=1S/C18H19NO4/c1-18(2,3)23-17(22)19-14-9-7-12(8-10-14)15-6-4-5-13(11-20)16(15)21/h4-11,21H,1-3H3,(H,19,22). The molecule has 120 valence electrons. The number of phenols is 1. The smallest absolute Gasteiger partial charge is 0.412 e. The van der Waals surface area contributed by atoms with Gasteiger partial charge in [-0.25, -0.2) is 4.79 Å². The highest BCUT2D eigenvalue weighted by atomic mass is 16.6. The van der Waals surface area contributed by atoms with Crippen LogP contribution >= 0.6 is 0 Å². The van der Waals surface area contributed by atoms with Crippen LogP contribution in [0.4, 0.5) is 10.5 Å². The fourth-order valence-corrected chi connectivity index (χ4v) is 2.04. The van der Waals surface area contributed by atoms with Crippen molar-refractivity contribution < 1.29 is 19.4 Å². The summed E-state index contributed by atoms with van der Waals surface area (Å²) in [5.74, 6) is -0.0599. The van der Waals surface area contributed by atoms with Gasteiger partial charge in [-0.1, -0.05) is 24.3 Å². The van der Waals surface area contributed by atoms with E-state index in [1.165, 1.54) is 0 Å². The van der Waals surface area contributed by atoms with Crippen LogP contribution in [0.3, 0.4) is 0 Å². The van der Waals surface area contributed by atoms with Crippen molar-refractivity contribution in [3.8, 4) is 16.9 Å². The quantitative estimate of drug-likeness (QED) is 0.832. The number of rotatable bonds is 3.